The van der Waals surface area contributed by atoms with Crippen LogP contribution in [0.2, 0.25) is 0 Å². The zero-order valence-corrected chi connectivity index (χ0v) is 15.8. The van der Waals surface area contributed by atoms with Crippen LogP contribution in [0.25, 0.3) is 0 Å². The average molecular weight is 348 g/mol. The Kier molecular flexibility index (Phi) is 9.25. The highest BCUT2D eigenvalue weighted by Crippen LogP contribution is 2.28. The van der Waals surface area contributed by atoms with Crippen molar-refractivity contribution in [3.05, 3.63) is 34.4 Å². The smallest absolute Gasteiger partial charge is 0.336 e. The first kappa shape index (κ1) is 21.2. The average Bonchev–Trinajstić information content (AvgIpc) is 2.58. The molecule has 4 nitrogen and oxygen atoms in total. The van der Waals surface area contributed by atoms with Crippen molar-refractivity contribution in [1.29, 1.82) is 0 Å². The molecule has 0 fully saturated rings. The molecule has 2 N–H and O–H groups in total. The summed E-state index contributed by atoms with van der Waals surface area (Å²) in [4.78, 5) is 23.4. The standard InChI is InChI=1S/C21H32O4/c1-4-7-9-11-16-12-13-17(20(22)23)19(21(24)25)18(16)14-15(6-3)10-8-5-2/h12-13,15H,4-11,14H2,1-3H3,(H,22,23)(H,24,25). The van der Waals surface area contributed by atoms with Gasteiger partial charge in [-0.1, -0.05) is 65.4 Å². The normalized spacial score (nSPS) is 12.1. The Labute approximate surface area is 151 Å². The maximum atomic E-state index is 11.8. The summed E-state index contributed by atoms with van der Waals surface area (Å²) in [7, 11) is 0. The van der Waals surface area contributed by atoms with Crippen LogP contribution < -0.4 is 0 Å². The molecule has 0 aromatic heterocycles. The van der Waals surface area contributed by atoms with E-state index in [1.807, 2.05) is 6.07 Å². The van der Waals surface area contributed by atoms with E-state index in [1.54, 1.807) is 0 Å². The van der Waals surface area contributed by atoms with Crippen LogP contribution in [0.5, 0.6) is 0 Å². The fraction of sp³-hybridized carbons (Fsp3) is 0.619. The van der Waals surface area contributed by atoms with Crippen LogP contribution >= 0.6 is 0 Å². The highest BCUT2D eigenvalue weighted by molar-refractivity contribution is 6.03. The summed E-state index contributed by atoms with van der Waals surface area (Å²) in [6.07, 6.45) is 8.92. The molecule has 0 heterocycles. The lowest BCUT2D eigenvalue weighted by Crippen LogP contribution is -2.16. The molecule has 0 saturated carbocycles. The zero-order chi connectivity index (χ0) is 18.8. The van der Waals surface area contributed by atoms with Crippen molar-refractivity contribution in [3.8, 4) is 0 Å². The van der Waals surface area contributed by atoms with Gasteiger partial charge in [0.15, 0.2) is 0 Å². The van der Waals surface area contributed by atoms with Gasteiger partial charge in [-0.15, -0.1) is 0 Å². The third-order valence-corrected chi connectivity index (χ3v) is 4.94. The molecule has 1 aromatic carbocycles. The number of hydrogen-bond donors (Lipinski definition) is 2. The molecule has 0 spiro atoms. The summed E-state index contributed by atoms with van der Waals surface area (Å²) in [6, 6.07) is 3.29. The van der Waals surface area contributed by atoms with E-state index in [4.69, 9.17) is 0 Å². The van der Waals surface area contributed by atoms with Gasteiger partial charge in [-0.05, 0) is 42.4 Å². The van der Waals surface area contributed by atoms with E-state index >= 15 is 0 Å². The third kappa shape index (κ3) is 6.18. The number of hydrogen-bond acceptors (Lipinski definition) is 2. The topological polar surface area (TPSA) is 74.6 Å². The molecule has 0 aliphatic carbocycles. The molecule has 0 radical (unpaired) electrons. The van der Waals surface area contributed by atoms with Crippen LogP contribution in [0.1, 0.15) is 97.6 Å². The Bertz CT molecular complexity index is 578. The Balaban J connectivity index is 3.30. The summed E-state index contributed by atoms with van der Waals surface area (Å²) in [5, 5.41) is 19.1. The Morgan fingerprint density at radius 1 is 0.960 bits per heavy atom. The molecule has 1 rings (SSSR count). The van der Waals surface area contributed by atoms with Crippen molar-refractivity contribution in [2.45, 2.75) is 78.6 Å². The summed E-state index contributed by atoms with van der Waals surface area (Å²) in [5.41, 5.74) is 1.65. The maximum absolute atomic E-state index is 11.8. The molecule has 1 aromatic rings. The molecule has 0 amide bonds. The summed E-state index contributed by atoms with van der Waals surface area (Å²) < 4.78 is 0. The second kappa shape index (κ2) is 10.9. The van der Waals surface area contributed by atoms with Gasteiger partial charge in [0.05, 0.1) is 11.1 Å². The Morgan fingerprint density at radius 3 is 2.16 bits per heavy atom. The van der Waals surface area contributed by atoms with Gasteiger partial charge in [0.25, 0.3) is 0 Å². The number of benzene rings is 1. The van der Waals surface area contributed by atoms with Gasteiger partial charge in [-0.2, -0.15) is 0 Å². The van der Waals surface area contributed by atoms with E-state index in [-0.39, 0.29) is 11.1 Å². The number of aromatic carboxylic acids is 2. The van der Waals surface area contributed by atoms with E-state index in [0.717, 1.165) is 62.5 Å². The summed E-state index contributed by atoms with van der Waals surface area (Å²) in [6.45, 7) is 6.41. The van der Waals surface area contributed by atoms with Crippen molar-refractivity contribution < 1.29 is 19.8 Å². The molecular weight excluding hydrogens is 316 g/mol. The highest BCUT2D eigenvalue weighted by atomic mass is 16.4. The summed E-state index contributed by atoms with van der Waals surface area (Å²) >= 11 is 0. The molecule has 0 saturated heterocycles. The SMILES string of the molecule is CCCCCc1ccc(C(=O)O)c(C(=O)O)c1CC(CC)CCCC. The maximum Gasteiger partial charge on any atom is 0.336 e. The molecule has 1 atom stereocenters. The molecule has 25 heavy (non-hydrogen) atoms. The fourth-order valence-corrected chi connectivity index (χ4v) is 3.38. The van der Waals surface area contributed by atoms with Gasteiger partial charge in [0.2, 0.25) is 0 Å². The second-order valence-electron chi connectivity index (χ2n) is 6.81. The van der Waals surface area contributed by atoms with Gasteiger partial charge >= 0.3 is 11.9 Å². The number of unbranched alkanes of at least 4 members (excludes halogenated alkanes) is 3. The molecule has 0 bridgehead atoms. The van der Waals surface area contributed by atoms with E-state index in [2.05, 4.69) is 20.8 Å². The first-order chi connectivity index (χ1) is 12.0. The van der Waals surface area contributed by atoms with Crippen LogP contribution in [0.15, 0.2) is 12.1 Å². The van der Waals surface area contributed by atoms with E-state index in [1.165, 1.54) is 6.07 Å². The summed E-state index contributed by atoms with van der Waals surface area (Å²) in [5.74, 6) is -1.90. The number of carboxylic acids is 2. The van der Waals surface area contributed by atoms with E-state index < -0.39 is 11.9 Å². The minimum atomic E-state index is -1.17. The van der Waals surface area contributed by atoms with E-state index in [0.29, 0.717) is 12.3 Å². The monoisotopic (exact) mass is 348 g/mol. The van der Waals surface area contributed by atoms with Gasteiger partial charge in [-0.25, -0.2) is 9.59 Å². The lowest BCUT2D eigenvalue weighted by atomic mass is 9.84. The molecule has 1 unspecified atom stereocenters. The van der Waals surface area contributed by atoms with E-state index in [9.17, 15) is 19.8 Å². The first-order valence-electron chi connectivity index (χ1n) is 9.57. The lowest BCUT2D eigenvalue weighted by Gasteiger charge is -2.20. The lowest BCUT2D eigenvalue weighted by molar-refractivity contribution is 0.0650. The number of carboxylic acid groups (broad SMARTS) is 2. The fourth-order valence-electron chi connectivity index (χ4n) is 3.38. The van der Waals surface area contributed by atoms with Crippen molar-refractivity contribution in [2.24, 2.45) is 5.92 Å². The number of rotatable bonds is 12. The van der Waals surface area contributed by atoms with Crippen molar-refractivity contribution >= 4 is 11.9 Å². The predicted molar refractivity (Wildman–Crippen MR) is 101 cm³/mol. The molecule has 0 aliphatic heterocycles. The highest BCUT2D eigenvalue weighted by Gasteiger charge is 2.24. The zero-order valence-electron chi connectivity index (χ0n) is 15.8. The van der Waals surface area contributed by atoms with Crippen LogP contribution in [0.3, 0.4) is 0 Å². The van der Waals surface area contributed by atoms with Crippen molar-refractivity contribution in [1.82, 2.24) is 0 Å². The molecule has 0 aliphatic rings. The number of aryl methyl sites for hydroxylation is 1. The Hall–Kier alpha value is -1.84. The quantitative estimate of drug-likeness (QED) is 0.484. The van der Waals surface area contributed by atoms with Crippen molar-refractivity contribution in [2.75, 3.05) is 0 Å². The molecule has 4 heteroatoms. The largest absolute Gasteiger partial charge is 0.478 e. The van der Waals surface area contributed by atoms with Crippen LogP contribution in [0.4, 0.5) is 0 Å². The minimum absolute atomic E-state index is 0.00329. The molecule has 140 valence electrons. The Morgan fingerprint density at radius 2 is 1.64 bits per heavy atom. The van der Waals surface area contributed by atoms with Crippen LogP contribution in [0, 0.1) is 5.92 Å². The first-order valence-corrected chi connectivity index (χ1v) is 9.57. The number of carbonyl (C=O) groups is 2. The molecular formula is C21H32O4. The van der Waals surface area contributed by atoms with Gasteiger partial charge < -0.3 is 10.2 Å². The van der Waals surface area contributed by atoms with Crippen LogP contribution in [-0.4, -0.2) is 22.2 Å². The van der Waals surface area contributed by atoms with Gasteiger partial charge in [-0.3, -0.25) is 0 Å². The predicted octanol–water partition coefficient (Wildman–Crippen LogP) is 5.57. The van der Waals surface area contributed by atoms with Gasteiger partial charge in [0, 0.05) is 0 Å². The second-order valence-corrected chi connectivity index (χ2v) is 6.81. The van der Waals surface area contributed by atoms with Gasteiger partial charge in [0.1, 0.15) is 0 Å². The minimum Gasteiger partial charge on any atom is -0.478 e. The third-order valence-electron chi connectivity index (χ3n) is 4.94. The van der Waals surface area contributed by atoms with Crippen LogP contribution in [-0.2, 0) is 12.8 Å². The van der Waals surface area contributed by atoms with Crippen molar-refractivity contribution in [3.63, 3.8) is 0 Å².